The van der Waals surface area contributed by atoms with Gasteiger partial charge < -0.3 is 10.1 Å². The largest absolute Gasteiger partial charge is 0.416 e. The fourth-order valence-corrected chi connectivity index (χ4v) is 3.56. The lowest BCUT2D eigenvalue weighted by molar-refractivity contribution is -0.137. The maximum Gasteiger partial charge on any atom is 0.416 e. The fraction of sp³-hybridized carbons (Fsp3) is 0.450. The second-order valence-corrected chi connectivity index (χ2v) is 7.06. The van der Waals surface area contributed by atoms with Gasteiger partial charge in [-0.3, -0.25) is 4.98 Å². The molecule has 0 unspecified atom stereocenters. The molecular weight excluding hydrogens is 341 g/mol. The summed E-state index contributed by atoms with van der Waals surface area (Å²) in [6.45, 7) is 1.64. The van der Waals surface area contributed by atoms with Crippen LogP contribution in [0.2, 0.25) is 0 Å². The van der Waals surface area contributed by atoms with Crippen molar-refractivity contribution in [1.29, 1.82) is 0 Å². The first kappa shape index (κ1) is 17.5. The molecule has 6 heteroatoms. The Morgan fingerprint density at radius 3 is 2.58 bits per heavy atom. The smallest absolute Gasteiger partial charge is 0.381 e. The molecule has 0 bridgehead atoms. The first-order chi connectivity index (χ1) is 12.5. The van der Waals surface area contributed by atoms with Gasteiger partial charge in [0, 0.05) is 43.0 Å². The number of nitrogens with one attached hydrogen (secondary N) is 1. The number of halogens is 3. The van der Waals surface area contributed by atoms with Gasteiger partial charge in [0.05, 0.1) is 11.3 Å². The Kier molecular flexibility index (Phi) is 4.71. The molecular formula is C20H21F3N2O. The van der Waals surface area contributed by atoms with Crippen molar-refractivity contribution >= 4 is 0 Å². The van der Waals surface area contributed by atoms with Gasteiger partial charge in [-0.05, 0) is 43.0 Å². The van der Waals surface area contributed by atoms with E-state index < -0.39 is 11.7 Å². The van der Waals surface area contributed by atoms with Crippen LogP contribution in [0.15, 0.2) is 42.6 Å². The highest BCUT2D eigenvalue weighted by molar-refractivity contribution is 5.60. The predicted molar refractivity (Wildman–Crippen MR) is 92.8 cm³/mol. The molecule has 2 aromatic rings. The van der Waals surface area contributed by atoms with Crippen molar-refractivity contribution < 1.29 is 17.9 Å². The predicted octanol–water partition coefficient (Wildman–Crippen LogP) is 4.39. The van der Waals surface area contributed by atoms with Gasteiger partial charge in [-0.1, -0.05) is 18.2 Å². The van der Waals surface area contributed by atoms with Gasteiger partial charge in [-0.25, -0.2) is 0 Å². The molecule has 2 heterocycles. The number of benzene rings is 1. The zero-order chi connectivity index (χ0) is 18.1. The molecule has 0 spiro atoms. The summed E-state index contributed by atoms with van der Waals surface area (Å²) in [6, 6.07) is 10.1. The van der Waals surface area contributed by atoms with Crippen LogP contribution < -0.4 is 5.32 Å². The quantitative estimate of drug-likeness (QED) is 0.876. The first-order valence-electron chi connectivity index (χ1n) is 8.98. The molecule has 0 amide bonds. The molecule has 2 atom stereocenters. The van der Waals surface area contributed by atoms with Gasteiger partial charge in [0.2, 0.25) is 0 Å². The van der Waals surface area contributed by atoms with E-state index in [0.29, 0.717) is 29.3 Å². The monoisotopic (exact) mass is 362 g/mol. The molecule has 2 aliphatic rings. The molecule has 1 N–H and O–H groups in total. The Labute approximate surface area is 150 Å². The molecule has 1 aliphatic heterocycles. The van der Waals surface area contributed by atoms with Crippen LogP contribution in [0.25, 0.3) is 11.3 Å². The van der Waals surface area contributed by atoms with Gasteiger partial charge in [-0.15, -0.1) is 0 Å². The van der Waals surface area contributed by atoms with Crippen molar-refractivity contribution in [3.8, 4) is 11.3 Å². The Bertz CT molecular complexity index is 754. The van der Waals surface area contributed by atoms with E-state index >= 15 is 0 Å². The number of hydrogen-bond acceptors (Lipinski definition) is 3. The van der Waals surface area contributed by atoms with Crippen molar-refractivity contribution in [2.45, 2.75) is 43.4 Å². The lowest BCUT2D eigenvalue weighted by Crippen LogP contribution is -2.36. The number of alkyl halides is 3. The summed E-state index contributed by atoms with van der Waals surface area (Å²) in [6.07, 6.45) is 0.646. The second kappa shape index (κ2) is 7.00. The minimum Gasteiger partial charge on any atom is -0.381 e. The van der Waals surface area contributed by atoms with Crippen LogP contribution in [0.5, 0.6) is 0 Å². The van der Waals surface area contributed by atoms with E-state index in [4.69, 9.17) is 4.74 Å². The van der Waals surface area contributed by atoms with Gasteiger partial charge in [0.1, 0.15) is 0 Å². The molecule has 4 rings (SSSR count). The van der Waals surface area contributed by atoms with Gasteiger partial charge in [0.25, 0.3) is 0 Å². The molecule has 1 aromatic carbocycles. The SMILES string of the molecule is FC(F)(F)c1cccc(-c2ccc([C@@H]3C[C@H]3NC3CCOCC3)cn2)c1. The number of aromatic nitrogens is 1. The highest BCUT2D eigenvalue weighted by Crippen LogP contribution is 2.41. The third kappa shape index (κ3) is 3.91. The Morgan fingerprint density at radius 2 is 1.88 bits per heavy atom. The van der Waals surface area contributed by atoms with E-state index in [2.05, 4.69) is 10.3 Å². The fourth-order valence-electron chi connectivity index (χ4n) is 3.56. The van der Waals surface area contributed by atoms with E-state index in [0.717, 1.165) is 50.2 Å². The van der Waals surface area contributed by atoms with Crippen LogP contribution in [0.1, 0.15) is 36.3 Å². The zero-order valence-electron chi connectivity index (χ0n) is 14.3. The highest BCUT2D eigenvalue weighted by atomic mass is 19.4. The van der Waals surface area contributed by atoms with Crippen LogP contribution in [-0.4, -0.2) is 30.3 Å². The van der Waals surface area contributed by atoms with Crippen LogP contribution in [0.4, 0.5) is 13.2 Å². The standard InChI is InChI=1S/C20H21F3N2O/c21-20(22,23)15-3-1-2-13(10-15)18-5-4-14(12-24-18)17-11-19(17)25-16-6-8-26-9-7-16/h1-5,10,12,16-17,19,25H,6-9,11H2/t17-,19+/m0/s1. The molecule has 2 fully saturated rings. The van der Waals surface area contributed by atoms with Gasteiger partial charge in [0.15, 0.2) is 0 Å². The van der Waals surface area contributed by atoms with Gasteiger partial charge >= 0.3 is 6.18 Å². The van der Waals surface area contributed by atoms with Crippen molar-refractivity contribution in [3.05, 3.63) is 53.7 Å². The van der Waals surface area contributed by atoms with E-state index in [9.17, 15) is 13.2 Å². The summed E-state index contributed by atoms with van der Waals surface area (Å²) >= 11 is 0. The molecule has 1 aliphatic carbocycles. The van der Waals surface area contributed by atoms with Crippen molar-refractivity contribution in [2.75, 3.05) is 13.2 Å². The zero-order valence-corrected chi connectivity index (χ0v) is 14.3. The maximum absolute atomic E-state index is 12.9. The second-order valence-electron chi connectivity index (χ2n) is 7.06. The summed E-state index contributed by atoms with van der Waals surface area (Å²) < 4.78 is 44.0. The van der Waals surface area contributed by atoms with E-state index in [1.807, 2.05) is 12.1 Å². The van der Waals surface area contributed by atoms with Crippen molar-refractivity contribution in [1.82, 2.24) is 10.3 Å². The van der Waals surface area contributed by atoms with E-state index in [1.165, 1.54) is 6.07 Å². The lowest BCUT2D eigenvalue weighted by Gasteiger charge is -2.23. The number of ether oxygens (including phenoxy) is 1. The van der Waals surface area contributed by atoms with Crippen LogP contribution in [0.3, 0.4) is 0 Å². The Hall–Kier alpha value is -1.92. The topological polar surface area (TPSA) is 34.1 Å². The van der Waals surface area contributed by atoms with Crippen LogP contribution in [0, 0.1) is 0 Å². The Morgan fingerprint density at radius 1 is 1.08 bits per heavy atom. The van der Waals surface area contributed by atoms with Crippen LogP contribution in [-0.2, 0) is 10.9 Å². The highest BCUT2D eigenvalue weighted by Gasteiger charge is 2.39. The maximum atomic E-state index is 12.9. The number of pyridine rings is 1. The average molecular weight is 362 g/mol. The molecule has 1 aromatic heterocycles. The molecule has 138 valence electrons. The average Bonchev–Trinajstić information content (AvgIpc) is 3.41. The summed E-state index contributed by atoms with van der Waals surface area (Å²) in [4.78, 5) is 4.40. The summed E-state index contributed by atoms with van der Waals surface area (Å²) in [5, 5.41) is 3.68. The Balaban J connectivity index is 1.41. The summed E-state index contributed by atoms with van der Waals surface area (Å²) in [5.41, 5.74) is 1.54. The third-order valence-corrected chi connectivity index (χ3v) is 5.16. The van der Waals surface area contributed by atoms with Crippen molar-refractivity contribution in [3.63, 3.8) is 0 Å². The third-order valence-electron chi connectivity index (χ3n) is 5.16. The molecule has 1 saturated heterocycles. The number of rotatable bonds is 4. The summed E-state index contributed by atoms with van der Waals surface area (Å²) in [5.74, 6) is 0.445. The molecule has 3 nitrogen and oxygen atoms in total. The lowest BCUT2D eigenvalue weighted by atomic mass is 10.1. The summed E-state index contributed by atoms with van der Waals surface area (Å²) in [7, 11) is 0. The molecule has 1 saturated carbocycles. The van der Waals surface area contributed by atoms with Crippen LogP contribution >= 0.6 is 0 Å². The number of nitrogens with zero attached hydrogens (tertiary/aromatic N) is 1. The normalized spacial score (nSPS) is 23.8. The van der Waals surface area contributed by atoms with Crippen molar-refractivity contribution in [2.24, 2.45) is 0 Å². The van der Waals surface area contributed by atoms with E-state index in [-0.39, 0.29) is 0 Å². The minimum absolute atomic E-state index is 0.445. The molecule has 26 heavy (non-hydrogen) atoms. The van der Waals surface area contributed by atoms with E-state index in [1.54, 1.807) is 12.3 Å². The molecule has 0 radical (unpaired) electrons. The minimum atomic E-state index is -4.34. The first-order valence-corrected chi connectivity index (χ1v) is 8.98. The van der Waals surface area contributed by atoms with Gasteiger partial charge in [-0.2, -0.15) is 13.2 Å². The number of hydrogen-bond donors (Lipinski definition) is 1.